The molecular weight excluding hydrogens is 198 g/mol. The third-order valence-electron chi connectivity index (χ3n) is 3.54. The summed E-state index contributed by atoms with van der Waals surface area (Å²) in [5.74, 6) is 0.988. The van der Waals surface area contributed by atoms with E-state index in [4.69, 9.17) is 4.74 Å². The topological polar surface area (TPSA) is 21.3 Å². The lowest BCUT2D eigenvalue weighted by atomic mass is 9.86. The Morgan fingerprint density at radius 3 is 2.88 bits per heavy atom. The Balaban J connectivity index is 2.27. The Bertz CT molecular complexity index is 342. The highest BCUT2D eigenvalue weighted by Gasteiger charge is 2.33. The Labute approximate surface area is 98.0 Å². The van der Waals surface area contributed by atoms with E-state index < -0.39 is 0 Å². The maximum absolute atomic E-state index is 5.57. The molecule has 2 nitrogen and oxygen atoms in total. The molecule has 1 atom stereocenters. The van der Waals surface area contributed by atoms with E-state index in [0.717, 1.165) is 25.3 Å². The maximum atomic E-state index is 5.57. The van der Waals surface area contributed by atoms with E-state index in [1.54, 1.807) is 0 Å². The first-order chi connectivity index (χ1) is 7.80. The predicted octanol–water partition coefficient (Wildman–Crippen LogP) is 3.07. The summed E-state index contributed by atoms with van der Waals surface area (Å²) in [6.45, 7) is 6.14. The standard InChI is InChI=1S/C14H21NO/c1-3-14(9-6-10-15-14)12-7-5-8-13(11-12)16-4-2/h5,7-8,11,15H,3-4,6,9-10H2,1-2H3. The lowest BCUT2D eigenvalue weighted by Gasteiger charge is -2.29. The van der Waals surface area contributed by atoms with Gasteiger partial charge in [0, 0.05) is 5.54 Å². The molecule has 2 rings (SSSR count). The van der Waals surface area contributed by atoms with E-state index in [1.807, 2.05) is 13.0 Å². The Morgan fingerprint density at radius 1 is 1.38 bits per heavy atom. The molecule has 0 aliphatic carbocycles. The van der Waals surface area contributed by atoms with Crippen molar-refractivity contribution in [1.82, 2.24) is 5.32 Å². The molecule has 1 aliphatic heterocycles. The second kappa shape index (κ2) is 4.88. The van der Waals surface area contributed by atoms with Crippen LogP contribution in [-0.4, -0.2) is 13.2 Å². The summed E-state index contributed by atoms with van der Waals surface area (Å²) in [5, 5.41) is 3.65. The summed E-state index contributed by atoms with van der Waals surface area (Å²) in [5.41, 5.74) is 1.56. The molecule has 16 heavy (non-hydrogen) atoms. The van der Waals surface area contributed by atoms with Crippen LogP contribution in [0.4, 0.5) is 0 Å². The lowest BCUT2D eigenvalue weighted by molar-refractivity contribution is 0.334. The third-order valence-corrected chi connectivity index (χ3v) is 3.54. The zero-order valence-electron chi connectivity index (χ0n) is 10.3. The zero-order valence-corrected chi connectivity index (χ0v) is 10.3. The highest BCUT2D eigenvalue weighted by atomic mass is 16.5. The van der Waals surface area contributed by atoms with Crippen molar-refractivity contribution in [1.29, 1.82) is 0 Å². The number of hydrogen-bond acceptors (Lipinski definition) is 2. The molecule has 2 heteroatoms. The molecular formula is C14H21NO. The fourth-order valence-electron chi connectivity index (χ4n) is 2.61. The molecule has 0 spiro atoms. The first-order valence-corrected chi connectivity index (χ1v) is 6.29. The van der Waals surface area contributed by atoms with E-state index in [0.29, 0.717) is 0 Å². The van der Waals surface area contributed by atoms with Gasteiger partial charge in [0.2, 0.25) is 0 Å². The number of benzene rings is 1. The van der Waals surface area contributed by atoms with Crippen molar-refractivity contribution in [2.75, 3.05) is 13.2 Å². The molecule has 1 aliphatic rings. The van der Waals surface area contributed by atoms with Crippen molar-refractivity contribution in [2.45, 2.75) is 38.6 Å². The molecule has 0 radical (unpaired) electrons. The number of ether oxygens (including phenoxy) is 1. The smallest absolute Gasteiger partial charge is 0.119 e. The van der Waals surface area contributed by atoms with Crippen molar-refractivity contribution < 1.29 is 4.74 Å². The molecule has 0 aromatic heterocycles. The summed E-state index contributed by atoms with van der Waals surface area (Å²) >= 11 is 0. The van der Waals surface area contributed by atoms with Crippen LogP contribution in [0.15, 0.2) is 24.3 Å². The van der Waals surface area contributed by atoms with Crippen LogP contribution in [0.1, 0.15) is 38.7 Å². The van der Waals surface area contributed by atoms with Crippen LogP contribution in [0.3, 0.4) is 0 Å². The second-order valence-electron chi connectivity index (χ2n) is 4.43. The van der Waals surface area contributed by atoms with E-state index in [-0.39, 0.29) is 5.54 Å². The maximum Gasteiger partial charge on any atom is 0.119 e. The molecule has 1 unspecified atom stereocenters. The largest absolute Gasteiger partial charge is 0.494 e. The van der Waals surface area contributed by atoms with Crippen LogP contribution in [0.5, 0.6) is 5.75 Å². The zero-order chi connectivity index (χ0) is 11.4. The minimum atomic E-state index is 0.188. The van der Waals surface area contributed by atoms with Gasteiger partial charge in [-0.2, -0.15) is 0 Å². The SMILES string of the molecule is CCOc1cccc(C2(CC)CCCN2)c1. The van der Waals surface area contributed by atoms with Gasteiger partial charge in [-0.25, -0.2) is 0 Å². The van der Waals surface area contributed by atoms with Gasteiger partial charge < -0.3 is 10.1 Å². The van der Waals surface area contributed by atoms with Crippen LogP contribution in [0.25, 0.3) is 0 Å². The van der Waals surface area contributed by atoms with Crippen LogP contribution >= 0.6 is 0 Å². The van der Waals surface area contributed by atoms with E-state index >= 15 is 0 Å². The predicted molar refractivity (Wildman–Crippen MR) is 66.8 cm³/mol. The average molecular weight is 219 g/mol. The van der Waals surface area contributed by atoms with Crippen LogP contribution in [-0.2, 0) is 5.54 Å². The van der Waals surface area contributed by atoms with Gasteiger partial charge in [0.15, 0.2) is 0 Å². The first kappa shape index (κ1) is 11.5. The fraction of sp³-hybridized carbons (Fsp3) is 0.571. The summed E-state index contributed by atoms with van der Waals surface area (Å²) in [7, 11) is 0. The fourth-order valence-corrected chi connectivity index (χ4v) is 2.61. The molecule has 1 aromatic rings. The van der Waals surface area contributed by atoms with Crippen molar-refractivity contribution in [2.24, 2.45) is 0 Å². The molecule has 1 aromatic carbocycles. The number of hydrogen-bond donors (Lipinski definition) is 1. The third kappa shape index (κ3) is 2.07. The van der Waals surface area contributed by atoms with Crippen molar-refractivity contribution in [3.05, 3.63) is 29.8 Å². The van der Waals surface area contributed by atoms with Crippen LogP contribution in [0, 0.1) is 0 Å². The molecule has 0 bridgehead atoms. The summed E-state index contributed by atoms with van der Waals surface area (Å²) in [6, 6.07) is 8.53. The molecule has 1 N–H and O–H groups in total. The Morgan fingerprint density at radius 2 is 2.25 bits per heavy atom. The lowest BCUT2D eigenvalue weighted by Crippen LogP contribution is -2.35. The molecule has 0 saturated carbocycles. The van der Waals surface area contributed by atoms with Crippen molar-refractivity contribution >= 4 is 0 Å². The average Bonchev–Trinajstić information content (AvgIpc) is 2.80. The van der Waals surface area contributed by atoms with Crippen LogP contribution in [0.2, 0.25) is 0 Å². The van der Waals surface area contributed by atoms with Crippen molar-refractivity contribution in [3.8, 4) is 5.75 Å². The first-order valence-electron chi connectivity index (χ1n) is 6.29. The van der Waals surface area contributed by atoms with Crippen LogP contribution < -0.4 is 10.1 Å². The van der Waals surface area contributed by atoms with Gasteiger partial charge in [-0.1, -0.05) is 19.1 Å². The summed E-state index contributed by atoms with van der Waals surface area (Å²) in [6.07, 6.45) is 3.65. The number of nitrogens with one attached hydrogen (secondary N) is 1. The van der Waals surface area contributed by atoms with Gasteiger partial charge in [-0.3, -0.25) is 0 Å². The quantitative estimate of drug-likeness (QED) is 0.840. The van der Waals surface area contributed by atoms with Gasteiger partial charge in [0.05, 0.1) is 6.61 Å². The van der Waals surface area contributed by atoms with Crippen molar-refractivity contribution in [3.63, 3.8) is 0 Å². The minimum absolute atomic E-state index is 0.188. The van der Waals surface area contributed by atoms with Gasteiger partial charge in [0.25, 0.3) is 0 Å². The Hall–Kier alpha value is -1.02. The highest BCUT2D eigenvalue weighted by Crippen LogP contribution is 2.35. The minimum Gasteiger partial charge on any atom is -0.494 e. The normalized spacial score (nSPS) is 24.6. The van der Waals surface area contributed by atoms with Gasteiger partial charge >= 0.3 is 0 Å². The monoisotopic (exact) mass is 219 g/mol. The molecule has 1 heterocycles. The van der Waals surface area contributed by atoms with Gasteiger partial charge in [-0.05, 0) is 50.4 Å². The molecule has 88 valence electrons. The molecule has 1 fully saturated rings. The second-order valence-corrected chi connectivity index (χ2v) is 4.43. The highest BCUT2D eigenvalue weighted by molar-refractivity contribution is 5.34. The van der Waals surface area contributed by atoms with Gasteiger partial charge in [-0.15, -0.1) is 0 Å². The molecule has 0 amide bonds. The van der Waals surface area contributed by atoms with E-state index in [9.17, 15) is 0 Å². The van der Waals surface area contributed by atoms with E-state index in [1.165, 1.54) is 18.4 Å². The Kier molecular flexibility index (Phi) is 3.49. The number of rotatable bonds is 4. The summed E-state index contributed by atoms with van der Waals surface area (Å²) < 4.78 is 5.57. The summed E-state index contributed by atoms with van der Waals surface area (Å²) in [4.78, 5) is 0. The van der Waals surface area contributed by atoms with E-state index in [2.05, 4.69) is 30.4 Å². The van der Waals surface area contributed by atoms with Gasteiger partial charge in [0.1, 0.15) is 5.75 Å². The molecule has 1 saturated heterocycles.